The van der Waals surface area contributed by atoms with Gasteiger partial charge in [-0.25, -0.2) is 5.48 Å². The van der Waals surface area contributed by atoms with Crippen molar-refractivity contribution in [1.29, 1.82) is 0 Å². The molecule has 2 amide bonds. The Kier molecular flexibility index (Phi) is 12.1. The van der Waals surface area contributed by atoms with Gasteiger partial charge in [-0.15, -0.1) is 0 Å². The molecule has 4 N–H and O–H groups in total. The molecule has 3 aromatic carbocycles. The second kappa shape index (κ2) is 16.6. The number of hydrogen-bond acceptors (Lipinski definition) is 8. The summed E-state index contributed by atoms with van der Waals surface area (Å²) in [7, 11) is 0. The summed E-state index contributed by atoms with van der Waals surface area (Å²) in [5, 5.41) is 21.0. The molecular weight excluding hydrogens is 572 g/mol. The van der Waals surface area contributed by atoms with Crippen LogP contribution in [0.1, 0.15) is 65.9 Å². The van der Waals surface area contributed by atoms with Crippen molar-refractivity contribution < 1.29 is 29.4 Å². The van der Waals surface area contributed by atoms with Crippen molar-refractivity contribution in [2.45, 2.75) is 63.9 Å². The Balaban J connectivity index is 1.18. The number of carbonyl (C=O) groups excluding carboxylic acids is 2. The lowest BCUT2D eigenvalue weighted by Crippen LogP contribution is -2.49. The van der Waals surface area contributed by atoms with Crippen LogP contribution in [0, 0.1) is 0 Å². The fraction of sp³-hybridized carbons (Fsp3) is 0.429. The molecule has 5 rings (SSSR count). The molecular formula is C35H44N4O6. The van der Waals surface area contributed by atoms with Gasteiger partial charge in [0.2, 0.25) is 11.8 Å². The Morgan fingerprint density at radius 1 is 0.756 bits per heavy atom. The highest BCUT2D eigenvalue weighted by Crippen LogP contribution is 2.38. The van der Waals surface area contributed by atoms with Crippen molar-refractivity contribution in [3.63, 3.8) is 0 Å². The number of hydrogen-bond donors (Lipinski definition) is 4. The van der Waals surface area contributed by atoms with Gasteiger partial charge < -0.3 is 19.9 Å². The standard InChI is InChI=1S/C35H44N4O6/c40-25-28-11-13-29(14-12-28)32-21-31(24-39-19-17-38(18-20-39)23-27-5-2-1-3-6-27)44-35(45-32)30-15-9-26(10-16-30)22-36-33(41)7-4-8-34(42)37-43/h1-3,5-6,9-16,31-32,35,40,43H,4,7-8,17-25H2,(H,36,41)(H,37,42)/t31-,32+,35+/m1/s1. The van der Waals surface area contributed by atoms with Gasteiger partial charge in [-0.1, -0.05) is 78.9 Å². The first-order chi connectivity index (χ1) is 22.0. The number of aliphatic hydroxyl groups excluding tert-OH is 1. The Labute approximate surface area is 264 Å². The zero-order valence-corrected chi connectivity index (χ0v) is 25.6. The van der Waals surface area contributed by atoms with Crippen molar-refractivity contribution in [2.24, 2.45) is 0 Å². The van der Waals surface area contributed by atoms with Gasteiger partial charge >= 0.3 is 0 Å². The van der Waals surface area contributed by atoms with E-state index < -0.39 is 12.2 Å². The van der Waals surface area contributed by atoms with Gasteiger partial charge in [0.15, 0.2) is 6.29 Å². The molecule has 0 aromatic heterocycles. The van der Waals surface area contributed by atoms with Crippen LogP contribution in [0.25, 0.3) is 0 Å². The van der Waals surface area contributed by atoms with Crippen molar-refractivity contribution in [1.82, 2.24) is 20.6 Å². The van der Waals surface area contributed by atoms with E-state index in [1.807, 2.05) is 48.5 Å². The molecule has 3 aromatic rings. The SMILES string of the molecule is O=C(CCCC(=O)NCc1ccc([C@H]2O[C@@H](CN3CCN(Cc4ccccc4)CC3)C[C@@H](c3ccc(CO)cc3)O2)cc1)NO. The maximum absolute atomic E-state index is 12.1. The average molecular weight is 617 g/mol. The normalized spacial score (nSPS) is 20.9. The third-order valence-electron chi connectivity index (χ3n) is 8.46. The second-order valence-electron chi connectivity index (χ2n) is 11.8. The van der Waals surface area contributed by atoms with Crippen LogP contribution in [0.2, 0.25) is 0 Å². The predicted octanol–water partition coefficient (Wildman–Crippen LogP) is 3.83. The van der Waals surface area contributed by atoms with Crippen LogP contribution in [0.5, 0.6) is 0 Å². The summed E-state index contributed by atoms with van der Waals surface area (Å²) in [6.07, 6.45) is 0.710. The third kappa shape index (κ3) is 9.92. The predicted molar refractivity (Wildman–Crippen MR) is 169 cm³/mol. The highest BCUT2D eigenvalue weighted by atomic mass is 16.7. The van der Waals surface area contributed by atoms with Gasteiger partial charge in [-0.05, 0) is 28.7 Å². The van der Waals surface area contributed by atoms with E-state index in [1.165, 1.54) is 5.56 Å². The van der Waals surface area contributed by atoms with Crippen LogP contribution in [-0.4, -0.2) is 70.8 Å². The van der Waals surface area contributed by atoms with E-state index in [0.717, 1.165) is 67.9 Å². The number of piperazine rings is 1. The van der Waals surface area contributed by atoms with E-state index in [-0.39, 0.29) is 37.6 Å². The number of nitrogens with one attached hydrogen (secondary N) is 2. The van der Waals surface area contributed by atoms with Gasteiger partial charge in [-0.3, -0.25) is 24.6 Å². The summed E-state index contributed by atoms with van der Waals surface area (Å²) in [4.78, 5) is 28.3. The minimum Gasteiger partial charge on any atom is -0.392 e. The maximum Gasteiger partial charge on any atom is 0.243 e. The molecule has 0 bridgehead atoms. The lowest BCUT2D eigenvalue weighted by Gasteiger charge is -2.40. The average Bonchev–Trinajstić information content (AvgIpc) is 3.08. The zero-order valence-electron chi connectivity index (χ0n) is 25.6. The number of benzene rings is 3. The lowest BCUT2D eigenvalue weighted by atomic mass is 9.99. The fourth-order valence-corrected chi connectivity index (χ4v) is 5.84. The largest absolute Gasteiger partial charge is 0.392 e. The Morgan fingerprint density at radius 3 is 2.09 bits per heavy atom. The van der Waals surface area contributed by atoms with Gasteiger partial charge in [0.1, 0.15) is 0 Å². The van der Waals surface area contributed by atoms with E-state index in [1.54, 1.807) is 5.48 Å². The summed E-state index contributed by atoms with van der Waals surface area (Å²) in [5.41, 5.74) is 6.70. The number of aliphatic hydroxyl groups is 1. The van der Waals surface area contributed by atoms with Crippen molar-refractivity contribution in [3.8, 4) is 0 Å². The smallest absolute Gasteiger partial charge is 0.243 e. The van der Waals surface area contributed by atoms with Gasteiger partial charge in [0.05, 0.1) is 18.8 Å². The van der Waals surface area contributed by atoms with E-state index in [0.29, 0.717) is 13.0 Å². The number of rotatable bonds is 13. The molecule has 240 valence electrons. The van der Waals surface area contributed by atoms with E-state index in [9.17, 15) is 14.7 Å². The molecule has 2 aliphatic rings. The number of hydroxylamine groups is 1. The molecule has 10 nitrogen and oxygen atoms in total. The van der Waals surface area contributed by atoms with Crippen LogP contribution in [0.3, 0.4) is 0 Å². The van der Waals surface area contributed by atoms with E-state index in [4.69, 9.17) is 14.7 Å². The number of carbonyl (C=O) groups is 2. The molecule has 2 aliphatic heterocycles. The third-order valence-corrected chi connectivity index (χ3v) is 8.46. The molecule has 2 heterocycles. The summed E-state index contributed by atoms with van der Waals surface area (Å²) >= 11 is 0. The number of amides is 2. The van der Waals surface area contributed by atoms with Crippen LogP contribution >= 0.6 is 0 Å². The molecule has 2 saturated heterocycles. The first-order valence-corrected chi connectivity index (χ1v) is 15.8. The lowest BCUT2D eigenvalue weighted by molar-refractivity contribution is -0.253. The van der Waals surface area contributed by atoms with Gasteiger partial charge in [0, 0.05) is 70.6 Å². The highest BCUT2D eigenvalue weighted by Gasteiger charge is 2.33. The van der Waals surface area contributed by atoms with Crippen LogP contribution in [0.15, 0.2) is 78.9 Å². The molecule has 2 fully saturated rings. The molecule has 45 heavy (non-hydrogen) atoms. The van der Waals surface area contributed by atoms with Crippen LogP contribution < -0.4 is 10.8 Å². The van der Waals surface area contributed by atoms with E-state index in [2.05, 4.69) is 45.4 Å². The van der Waals surface area contributed by atoms with Gasteiger partial charge in [0.25, 0.3) is 0 Å². The van der Waals surface area contributed by atoms with Gasteiger partial charge in [-0.2, -0.15) is 0 Å². The minimum absolute atomic E-state index is 0.00405. The van der Waals surface area contributed by atoms with Crippen LogP contribution in [0.4, 0.5) is 0 Å². The molecule has 0 unspecified atom stereocenters. The Bertz CT molecular complexity index is 1350. The Morgan fingerprint density at radius 2 is 1.40 bits per heavy atom. The summed E-state index contributed by atoms with van der Waals surface area (Å²) in [6.45, 7) is 6.19. The summed E-state index contributed by atoms with van der Waals surface area (Å²) in [6, 6.07) is 26.4. The van der Waals surface area contributed by atoms with Crippen LogP contribution in [-0.2, 0) is 38.8 Å². The summed E-state index contributed by atoms with van der Waals surface area (Å²) in [5.74, 6) is -0.652. The topological polar surface area (TPSA) is 124 Å². The number of nitrogens with zero attached hydrogens (tertiary/aromatic N) is 2. The van der Waals surface area contributed by atoms with Crippen molar-refractivity contribution >= 4 is 11.8 Å². The zero-order chi connectivity index (χ0) is 31.4. The molecule has 10 heteroatoms. The first-order valence-electron chi connectivity index (χ1n) is 15.8. The molecule has 0 saturated carbocycles. The minimum atomic E-state index is -0.535. The fourth-order valence-electron chi connectivity index (χ4n) is 5.84. The highest BCUT2D eigenvalue weighted by molar-refractivity contribution is 5.78. The Hall–Kier alpha value is -3.64. The molecule has 0 aliphatic carbocycles. The monoisotopic (exact) mass is 616 g/mol. The first kappa shape index (κ1) is 32.7. The molecule has 0 spiro atoms. The van der Waals surface area contributed by atoms with Crippen molar-refractivity contribution in [3.05, 3.63) is 107 Å². The second-order valence-corrected chi connectivity index (χ2v) is 11.8. The summed E-state index contributed by atoms with van der Waals surface area (Å²) < 4.78 is 13.1. The maximum atomic E-state index is 12.1. The molecule has 0 radical (unpaired) electrons. The van der Waals surface area contributed by atoms with E-state index >= 15 is 0 Å². The molecule has 3 atom stereocenters. The quantitative estimate of drug-likeness (QED) is 0.169. The van der Waals surface area contributed by atoms with Crippen molar-refractivity contribution in [2.75, 3.05) is 32.7 Å². The number of ether oxygens (including phenoxy) is 2.